The lowest BCUT2D eigenvalue weighted by atomic mass is 9.81. The number of hydrogen-bond donors (Lipinski definition) is 1. The SMILES string of the molecule is Cc1ccc(Nc2nc(C)c3c(n2)CC(c2cccc(C)c2)CC3=O)cc1. The van der Waals surface area contributed by atoms with E-state index in [4.69, 9.17) is 4.98 Å². The maximum Gasteiger partial charge on any atom is 0.227 e. The van der Waals surface area contributed by atoms with Gasteiger partial charge in [0.25, 0.3) is 0 Å². The summed E-state index contributed by atoms with van der Waals surface area (Å²) >= 11 is 0. The third-order valence-electron chi connectivity index (χ3n) is 5.14. The Morgan fingerprint density at radius 3 is 2.44 bits per heavy atom. The zero-order chi connectivity index (χ0) is 19.0. The van der Waals surface area contributed by atoms with E-state index in [-0.39, 0.29) is 11.7 Å². The average Bonchev–Trinajstić information content (AvgIpc) is 2.63. The molecular weight excluding hydrogens is 334 g/mol. The largest absolute Gasteiger partial charge is 0.324 e. The molecule has 4 rings (SSSR count). The second-order valence-electron chi connectivity index (χ2n) is 7.39. The first-order valence-corrected chi connectivity index (χ1v) is 9.30. The summed E-state index contributed by atoms with van der Waals surface area (Å²) in [5, 5.41) is 3.27. The summed E-state index contributed by atoms with van der Waals surface area (Å²) in [6.45, 7) is 6.03. The number of nitrogens with zero attached hydrogens (tertiary/aromatic N) is 2. The zero-order valence-corrected chi connectivity index (χ0v) is 15.9. The molecule has 0 bridgehead atoms. The molecule has 0 saturated heterocycles. The first-order valence-electron chi connectivity index (χ1n) is 9.30. The number of aryl methyl sites for hydroxylation is 3. The lowest BCUT2D eigenvalue weighted by molar-refractivity contribution is 0.0962. The molecule has 0 spiro atoms. The molecule has 1 atom stereocenters. The van der Waals surface area contributed by atoms with Gasteiger partial charge in [-0.05, 0) is 50.8 Å². The molecule has 0 saturated carbocycles. The highest BCUT2D eigenvalue weighted by molar-refractivity contribution is 5.99. The Hall–Kier alpha value is -3.01. The van der Waals surface area contributed by atoms with Crippen LogP contribution in [0.2, 0.25) is 0 Å². The Morgan fingerprint density at radius 1 is 0.926 bits per heavy atom. The topological polar surface area (TPSA) is 54.9 Å². The molecule has 2 aromatic carbocycles. The normalized spacial score (nSPS) is 16.1. The number of rotatable bonds is 3. The molecule has 1 aliphatic carbocycles. The van der Waals surface area contributed by atoms with E-state index in [1.54, 1.807) is 0 Å². The summed E-state index contributed by atoms with van der Waals surface area (Å²) in [5.41, 5.74) is 6.87. The Morgan fingerprint density at radius 2 is 1.70 bits per heavy atom. The number of carbonyl (C=O) groups is 1. The number of nitrogens with one attached hydrogen (secondary N) is 1. The van der Waals surface area contributed by atoms with Crippen LogP contribution < -0.4 is 5.32 Å². The van der Waals surface area contributed by atoms with Crippen LogP contribution >= 0.6 is 0 Å². The van der Waals surface area contributed by atoms with E-state index in [0.29, 0.717) is 17.9 Å². The van der Waals surface area contributed by atoms with Crippen molar-refractivity contribution in [3.05, 3.63) is 82.2 Å². The summed E-state index contributed by atoms with van der Waals surface area (Å²) in [7, 11) is 0. The number of aromatic nitrogens is 2. The van der Waals surface area contributed by atoms with Crippen molar-refractivity contribution in [1.29, 1.82) is 0 Å². The van der Waals surface area contributed by atoms with E-state index in [2.05, 4.69) is 48.4 Å². The molecule has 1 N–H and O–H groups in total. The summed E-state index contributed by atoms with van der Waals surface area (Å²) in [6, 6.07) is 16.5. The second-order valence-corrected chi connectivity index (χ2v) is 7.39. The van der Waals surface area contributed by atoms with E-state index in [1.165, 1.54) is 16.7 Å². The van der Waals surface area contributed by atoms with Crippen molar-refractivity contribution in [2.24, 2.45) is 0 Å². The van der Waals surface area contributed by atoms with Gasteiger partial charge in [0.2, 0.25) is 5.95 Å². The summed E-state index contributed by atoms with van der Waals surface area (Å²) in [4.78, 5) is 22.0. The number of benzene rings is 2. The number of anilines is 2. The molecule has 0 radical (unpaired) electrons. The predicted molar refractivity (Wildman–Crippen MR) is 108 cm³/mol. The third kappa shape index (κ3) is 3.61. The van der Waals surface area contributed by atoms with Gasteiger partial charge in [0.15, 0.2) is 5.78 Å². The molecule has 0 aliphatic heterocycles. The number of carbonyl (C=O) groups excluding carboxylic acids is 1. The number of hydrogen-bond acceptors (Lipinski definition) is 4. The van der Waals surface area contributed by atoms with E-state index >= 15 is 0 Å². The van der Waals surface area contributed by atoms with Crippen LogP contribution in [0.5, 0.6) is 0 Å². The first-order chi connectivity index (χ1) is 13.0. The molecule has 1 aromatic heterocycles. The molecular formula is C23H23N3O. The van der Waals surface area contributed by atoms with E-state index in [1.807, 2.05) is 31.2 Å². The van der Waals surface area contributed by atoms with Gasteiger partial charge in [-0.15, -0.1) is 0 Å². The van der Waals surface area contributed by atoms with Gasteiger partial charge in [0.05, 0.1) is 17.0 Å². The highest BCUT2D eigenvalue weighted by Crippen LogP contribution is 2.34. The third-order valence-corrected chi connectivity index (χ3v) is 5.14. The van der Waals surface area contributed by atoms with Crippen molar-refractivity contribution in [2.75, 3.05) is 5.32 Å². The quantitative estimate of drug-likeness (QED) is 0.712. The van der Waals surface area contributed by atoms with E-state index < -0.39 is 0 Å². The van der Waals surface area contributed by atoms with Crippen molar-refractivity contribution in [3.63, 3.8) is 0 Å². The van der Waals surface area contributed by atoms with Gasteiger partial charge >= 0.3 is 0 Å². The van der Waals surface area contributed by atoms with Crippen molar-refractivity contribution < 1.29 is 4.79 Å². The van der Waals surface area contributed by atoms with E-state index in [0.717, 1.165) is 23.5 Å². The standard InChI is InChI=1S/C23H23N3O/c1-14-7-9-19(10-8-14)25-23-24-16(3)22-20(26-23)12-18(13-21(22)27)17-6-4-5-15(2)11-17/h4-11,18H,12-13H2,1-3H3,(H,24,25,26). The van der Waals surface area contributed by atoms with Crippen LogP contribution in [0, 0.1) is 20.8 Å². The van der Waals surface area contributed by atoms with Gasteiger partial charge in [0, 0.05) is 12.1 Å². The van der Waals surface area contributed by atoms with Gasteiger partial charge in [-0.2, -0.15) is 0 Å². The number of Topliss-reactive ketones (excluding diaryl/α,β-unsaturated/α-hetero) is 1. The Balaban J connectivity index is 1.66. The maximum atomic E-state index is 12.8. The fraction of sp³-hybridized carbons (Fsp3) is 0.261. The molecule has 4 nitrogen and oxygen atoms in total. The fourth-order valence-corrected chi connectivity index (χ4v) is 3.76. The van der Waals surface area contributed by atoms with Crippen LogP contribution in [-0.2, 0) is 6.42 Å². The smallest absolute Gasteiger partial charge is 0.227 e. The van der Waals surface area contributed by atoms with Gasteiger partial charge in [-0.25, -0.2) is 9.97 Å². The van der Waals surface area contributed by atoms with Crippen LogP contribution in [0.1, 0.15) is 50.8 Å². The Kier molecular flexibility index (Phi) is 4.48. The summed E-state index contributed by atoms with van der Waals surface area (Å²) < 4.78 is 0. The lowest BCUT2D eigenvalue weighted by Crippen LogP contribution is -2.22. The van der Waals surface area contributed by atoms with Crippen molar-refractivity contribution >= 4 is 17.4 Å². The Bertz CT molecular complexity index is 1010. The molecule has 0 amide bonds. The highest BCUT2D eigenvalue weighted by Gasteiger charge is 2.29. The molecule has 27 heavy (non-hydrogen) atoms. The van der Waals surface area contributed by atoms with Crippen molar-refractivity contribution in [2.45, 2.75) is 39.5 Å². The number of fused-ring (bicyclic) bond motifs is 1. The molecule has 136 valence electrons. The minimum Gasteiger partial charge on any atom is -0.324 e. The predicted octanol–water partition coefficient (Wildman–Crippen LogP) is 5.06. The molecule has 3 aromatic rings. The maximum absolute atomic E-state index is 12.8. The summed E-state index contributed by atoms with van der Waals surface area (Å²) in [5.74, 6) is 0.862. The van der Waals surface area contributed by atoms with Crippen LogP contribution in [-0.4, -0.2) is 15.8 Å². The zero-order valence-electron chi connectivity index (χ0n) is 15.9. The van der Waals surface area contributed by atoms with Crippen LogP contribution in [0.4, 0.5) is 11.6 Å². The Labute approximate surface area is 159 Å². The van der Waals surface area contributed by atoms with Crippen LogP contribution in [0.3, 0.4) is 0 Å². The van der Waals surface area contributed by atoms with Gasteiger partial charge < -0.3 is 5.32 Å². The van der Waals surface area contributed by atoms with Gasteiger partial charge in [-0.3, -0.25) is 4.79 Å². The van der Waals surface area contributed by atoms with Crippen LogP contribution in [0.25, 0.3) is 0 Å². The first kappa shape index (κ1) is 17.4. The molecule has 1 aliphatic rings. The van der Waals surface area contributed by atoms with E-state index in [9.17, 15) is 4.79 Å². The van der Waals surface area contributed by atoms with Gasteiger partial charge in [0.1, 0.15) is 0 Å². The minimum absolute atomic E-state index is 0.141. The van der Waals surface area contributed by atoms with Gasteiger partial charge in [-0.1, -0.05) is 47.5 Å². The fourth-order valence-electron chi connectivity index (χ4n) is 3.76. The molecule has 1 unspecified atom stereocenters. The monoisotopic (exact) mass is 357 g/mol. The minimum atomic E-state index is 0.141. The highest BCUT2D eigenvalue weighted by atomic mass is 16.1. The van der Waals surface area contributed by atoms with Crippen molar-refractivity contribution in [1.82, 2.24) is 9.97 Å². The van der Waals surface area contributed by atoms with Crippen LogP contribution in [0.15, 0.2) is 48.5 Å². The molecule has 0 fully saturated rings. The molecule has 1 heterocycles. The summed E-state index contributed by atoms with van der Waals surface area (Å²) in [6.07, 6.45) is 1.28. The lowest BCUT2D eigenvalue weighted by Gasteiger charge is -2.25. The molecule has 4 heteroatoms. The van der Waals surface area contributed by atoms with Crippen molar-refractivity contribution in [3.8, 4) is 0 Å². The average molecular weight is 357 g/mol. The second kappa shape index (κ2) is 6.95. The number of ketones is 1.